The highest BCUT2D eigenvalue weighted by molar-refractivity contribution is 5.54. The molecule has 0 N–H and O–H groups in total. The Kier molecular flexibility index (Phi) is 5.23. The first-order valence-electron chi connectivity index (χ1n) is 9.12. The molecule has 4 rings (SSSR count). The lowest BCUT2D eigenvalue weighted by molar-refractivity contribution is -0.137. The zero-order chi connectivity index (χ0) is 20.4. The van der Waals surface area contributed by atoms with E-state index in [0.29, 0.717) is 44.2 Å². The molecule has 1 aliphatic heterocycles. The number of halogens is 4. The zero-order valence-electron chi connectivity index (χ0n) is 15.4. The van der Waals surface area contributed by atoms with Crippen molar-refractivity contribution in [2.24, 2.45) is 0 Å². The molecule has 1 fully saturated rings. The Hall–Kier alpha value is -2.94. The average Bonchev–Trinajstić information content (AvgIpc) is 3.17. The van der Waals surface area contributed by atoms with Crippen molar-refractivity contribution in [3.05, 3.63) is 65.7 Å². The molecule has 0 amide bonds. The van der Waals surface area contributed by atoms with Crippen molar-refractivity contribution in [1.82, 2.24) is 15.0 Å². The van der Waals surface area contributed by atoms with E-state index in [0.717, 1.165) is 12.1 Å². The second-order valence-electron chi connectivity index (χ2n) is 6.81. The number of para-hydroxylation sites is 1. The number of piperazine rings is 1. The summed E-state index contributed by atoms with van der Waals surface area (Å²) in [5, 5.41) is 3.89. The summed E-state index contributed by atoms with van der Waals surface area (Å²) in [4.78, 5) is 8.31. The molecule has 29 heavy (non-hydrogen) atoms. The van der Waals surface area contributed by atoms with Crippen LogP contribution in [0.3, 0.4) is 0 Å². The predicted octanol–water partition coefficient (Wildman–Crippen LogP) is 4.22. The minimum atomic E-state index is -4.43. The van der Waals surface area contributed by atoms with E-state index in [4.69, 9.17) is 4.52 Å². The fourth-order valence-corrected chi connectivity index (χ4v) is 3.32. The standard InChI is InChI=1S/C20H18F4N4O/c21-16-6-1-2-7-17(16)28-10-8-27(9-11-28)13-18-25-19(29-26-18)14-4-3-5-15(12-14)20(22,23)24/h1-7,12H,8-11,13H2. The van der Waals surface area contributed by atoms with Gasteiger partial charge in [-0.15, -0.1) is 0 Å². The lowest BCUT2D eigenvalue weighted by Crippen LogP contribution is -2.46. The molecule has 0 unspecified atom stereocenters. The van der Waals surface area contributed by atoms with E-state index in [1.54, 1.807) is 18.2 Å². The predicted molar refractivity (Wildman–Crippen MR) is 98.6 cm³/mol. The maximum Gasteiger partial charge on any atom is 0.416 e. The first-order valence-corrected chi connectivity index (χ1v) is 9.12. The number of alkyl halides is 3. The van der Waals surface area contributed by atoms with Gasteiger partial charge in [-0.05, 0) is 30.3 Å². The first kappa shape index (κ1) is 19.4. The molecular weight excluding hydrogens is 388 g/mol. The molecule has 0 bridgehead atoms. The van der Waals surface area contributed by atoms with Crippen molar-refractivity contribution < 1.29 is 22.1 Å². The van der Waals surface area contributed by atoms with E-state index in [1.807, 2.05) is 4.90 Å². The van der Waals surface area contributed by atoms with E-state index in [1.165, 1.54) is 18.2 Å². The molecule has 2 aromatic carbocycles. The van der Waals surface area contributed by atoms with E-state index < -0.39 is 11.7 Å². The highest BCUT2D eigenvalue weighted by Gasteiger charge is 2.31. The largest absolute Gasteiger partial charge is 0.416 e. The van der Waals surface area contributed by atoms with Gasteiger partial charge in [0.25, 0.3) is 5.89 Å². The van der Waals surface area contributed by atoms with Crippen LogP contribution < -0.4 is 4.90 Å². The fraction of sp³-hybridized carbons (Fsp3) is 0.300. The Morgan fingerprint density at radius 1 is 0.966 bits per heavy atom. The second-order valence-corrected chi connectivity index (χ2v) is 6.81. The highest BCUT2D eigenvalue weighted by atomic mass is 19.4. The maximum absolute atomic E-state index is 13.9. The summed E-state index contributed by atoms with van der Waals surface area (Å²) in [5.74, 6) is 0.206. The Labute approximate surface area is 164 Å². The summed E-state index contributed by atoms with van der Waals surface area (Å²) in [6.45, 7) is 3.08. The van der Waals surface area contributed by atoms with Gasteiger partial charge in [-0.25, -0.2) is 4.39 Å². The van der Waals surface area contributed by atoms with Gasteiger partial charge in [0, 0.05) is 31.7 Å². The molecule has 0 radical (unpaired) electrons. The van der Waals surface area contributed by atoms with Crippen LogP contribution in [0, 0.1) is 5.82 Å². The molecular formula is C20H18F4N4O. The van der Waals surface area contributed by atoms with Crippen LogP contribution in [-0.2, 0) is 12.7 Å². The van der Waals surface area contributed by atoms with Crippen LogP contribution in [-0.4, -0.2) is 41.2 Å². The fourth-order valence-electron chi connectivity index (χ4n) is 3.32. The van der Waals surface area contributed by atoms with Gasteiger partial charge in [0.1, 0.15) is 5.82 Å². The summed E-state index contributed by atoms with van der Waals surface area (Å²) >= 11 is 0. The number of aromatic nitrogens is 2. The third-order valence-electron chi connectivity index (χ3n) is 4.84. The summed E-state index contributed by atoms with van der Waals surface area (Å²) < 4.78 is 57.7. The van der Waals surface area contributed by atoms with Crippen molar-refractivity contribution in [2.45, 2.75) is 12.7 Å². The van der Waals surface area contributed by atoms with E-state index in [9.17, 15) is 17.6 Å². The van der Waals surface area contributed by atoms with Crippen LogP contribution in [0.4, 0.5) is 23.2 Å². The van der Waals surface area contributed by atoms with Crippen LogP contribution in [0.1, 0.15) is 11.4 Å². The SMILES string of the molecule is Fc1ccccc1N1CCN(Cc2noc(-c3cccc(C(F)(F)F)c3)n2)CC1. The topological polar surface area (TPSA) is 45.4 Å². The van der Waals surface area contributed by atoms with Crippen molar-refractivity contribution in [3.8, 4) is 11.5 Å². The molecule has 2 heterocycles. The maximum atomic E-state index is 13.9. The van der Waals surface area contributed by atoms with Crippen molar-refractivity contribution in [3.63, 3.8) is 0 Å². The normalized spacial score (nSPS) is 15.7. The average molecular weight is 406 g/mol. The van der Waals surface area contributed by atoms with Crippen molar-refractivity contribution in [2.75, 3.05) is 31.1 Å². The summed E-state index contributed by atoms with van der Waals surface area (Å²) in [5.41, 5.74) is 0.0421. The molecule has 1 aliphatic rings. The molecule has 5 nitrogen and oxygen atoms in total. The Morgan fingerprint density at radius 2 is 1.72 bits per heavy atom. The molecule has 1 saturated heterocycles. The van der Waals surface area contributed by atoms with E-state index in [-0.39, 0.29) is 17.3 Å². The summed E-state index contributed by atoms with van der Waals surface area (Å²) in [6.07, 6.45) is -4.43. The number of benzene rings is 2. The molecule has 0 saturated carbocycles. The number of nitrogens with zero attached hydrogens (tertiary/aromatic N) is 4. The third-order valence-corrected chi connectivity index (χ3v) is 4.84. The smallest absolute Gasteiger partial charge is 0.367 e. The quantitative estimate of drug-likeness (QED) is 0.608. The van der Waals surface area contributed by atoms with Gasteiger partial charge in [0.2, 0.25) is 0 Å². The Balaban J connectivity index is 1.39. The van der Waals surface area contributed by atoms with Crippen LogP contribution in [0.15, 0.2) is 53.1 Å². The van der Waals surface area contributed by atoms with Crippen molar-refractivity contribution >= 4 is 5.69 Å². The van der Waals surface area contributed by atoms with Crippen LogP contribution in [0.25, 0.3) is 11.5 Å². The van der Waals surface area contributed by atoms with Gasteiger partial charge in [-0.2, -0.15) is 18.2 Å². The van der Waals surface area contributed by atoms with Gasteiger partial charge in [-0.3, -0.25) is 4.90 Å². The zero-order valence-corrected chi connectivity index (χ0v) is 15.4. The van der Waals surface area contributed by atoms with Crippen molar-refractivity contribution in [1.29, 1.82) is 0 Å². The van der Waals surface area contributed by atoms with Gasteiger partial charge < -0.3 is 9.42 Å². The van der Waals surface area contributed by atoms with Crippen LogP contribution in [0.2, 0.25) is 0 Å². The lowest BCUT2D eigenvalue weighted by atomic mass is 10.1. The van der Waals surface area contributed by atoms with Gasteiger partial charge in [-0.1, -0.05) is 23.4 Å². The Morgan fingerprint density at radius 3 is 2.45 bits per heavy atom. The van der Waals surface area contributed by atoms with E-state index in [2.05, 4.69) is 15.0 Å². The Bertz CT molecular complexity index is 980. The molecule has 3 aromatic rings. The molecule has 0 aliphatic carbocycles. The monoisotopic (exact) mass is 406 g/mol. The highest BCUT2D eigenvalue weighted by Crippen LogP contribution is 2.31. The molecule has 152 valence electrons. The lowest BCUT2D eigenvalue weighted by Gasteiger charge is -2.35. The van der Waals surface area contributed by atoms with Crippen LogP contribution in [0.5, 0.6) is 0 Å². The molecule has 0 spiro atoms. The van der Waals surface area contributed by atoms with Gasteiger partial charge in [0.05, 0.1) is 17.8 Å². The third kappa shape index (κ3) is 4.40. The van der Waals surface area contributed by atoms with Gasteiger partial charge in [0.15, 0.2) is 5.82 Å². The molecule has 9 heteroatoms. The number of anilines is 1. The minimum Gasteiger partial charge on any atom is -0.367 e. The number of rotatable bonds is 4. The first-order chi connectivity index (χ1) is 13.9. The minimum absolute atomic E-state index is 0.0519. The number of hydrogen-bond acceptors (Lipinski definition) is 5. The second kappa shape index (κ2) is 7.82. The molecule has 0 atom stereocenters. The molecule has 1 aromatic heterocycles. The van der Waals surface area contributed by atoms with E-state index >= 15 is 0 Å². The number of hydrogen-bond donors (Lipinski definition) is 0. The summed E-state index contributed by atoms with van der Waals surface area (Å²) in [6, 6.07) is 11.5. The van der Waals surface area contributed by atoms with Gasteiger partial charge >= 0.3 is 6.18 Å². The summed E-state index contributed by atoms with van der Waals surface area (Å²) in [7, 11) is 0. The van der Waals surface area contributed by atoms with Crippen LogP contribution >= 0.6 is 0 Å².